The van der Waals surface area contributed by atoms with E-state index in [-0.39, 0.29) is 0 Å². The zero-order valence-electron chi connectivity index (χ0n) is 8.26. The molecule has 1 heteroatoms. The van der Waals surface area contributed by atoms with Gasteiger partial charge in [0, 0.05) is 0 Å². The minimum absolute atomic E-state index is 0.585. The highest BCUT2D eigenvalue weighted by Gasteiger charge is 2.44. The molecule has 1 unspecified atom stereocenters. The summed E-state index contributed by atoms with van der Waals surface area (Å²) >= 11 is 0. The summed E-state index contributed by atoms with van der Waals surface area (Å²) in [4.78, 5) is 10.1. The van der Waals surface area contributed by atoms with E-state index in [0.29, 0.717) is 5.41 Å². The lowest BCUT2D eigenvalue weighted by Crippen LogP contribution is -1.90. The Morgan fingerprint density at radius 1 is 1.58 bits per heavy atom. The van der Waals surface area contributed by atoms with Gasteiger partial charge < -0.3 is 0 Å². The van der Waals surface area contributed by atoms with Crippen molar-refractivity contribution < 1.29 is 4.79 Å². The molecule has 12 heavy (non-hydrogen) atoms. The first-order valence-electron chi connectivity index (χ1n) is 4.67. The van der Waals surface area contributed by atoms with Gasteiger partial charge in [-0.05, 0) is 43.6 Å². The summed E-state index contributed by atoms with van der Waals surface area (Å²) < 4.78 is 0. The molecule has 0 aromatic carbocycles. The van der Waals surface area contributed by atoms with Gasteiger partial charge in [-0.25, -0.2) is 0 Å². The van der Waals surface area contributed by atoms with Crippen LogP contribution in [0.3, 0.4) is 0 Å². The van der Waals surface area contributed by atoms with Crippen LogP contribution in [0.1, 0.15) is 40.0 Å². The number of carbonyl (C=O) groups is 1. The van der Waals surface area contributed by atoms with Gasteiger partial charge in [0.05, 0.1) is 0 Å². The fourth-order valence-corrected chi connectivity index (χ4v) is 1.67. The van der Waals surface area contributed by atoms with Crippen molar-refractivity contribution in [2.24, 2.45) is 11.3 Å². The number of allylic oxidation sites excluding steroid dienone is 2. The van der Waals surface area contributed by atoms with Crippen LogP contribution in [0.2, 0.25) is 0 Å². The standard InChI is InChI=1S/C11H18O/c1-9(6-7-12)4-5-10-8-11(10,2)3/h6-7,10H,4-5,8H2,1-3H3. The van der Waals surface area contributed by atoms with Gasteiger partial charge in [0.25, 0.3) is 0 Å². The Morgan fingerprint density at radius 3 is 2.58 bits per heavy atom. The summed E-state index contributed by atoms with van der Waals surface area (Å²) in [5.41, 5.74) is 1.80. The van der Waals surface area contributed by atoms with Crippen LogP contribution >= 0.6 is 0 Å². The van der Waals surface area contributed by atoms with E-state index < -0.39 is 0 Å². The van der Waals surface area contributed by atoms with Crippen molar-refractivity contribution in [1.82, 2.24) is 0 Å². The molecule has 0 saturated heterocycles. The summed E-state index contributed by atoms with van der Waals surface area (Å²) in [6.07, 6.45) is 6.26. The van der Waals surface area contributed by atoms with E-state index in [1.54, 1.807) is 6.08 Å². The van der Waals surface area contributed by atoms with Crippen LogP contribution in [0, 0.1) is 11.3 Å². The highest BCUT2D eigenvalue weighted by molar-refractivity contribution is 5.65. The van der Waals surface area contributed by atoms with Gasteiger partial charge in [0.2, 0.25) is 0 Å². The van der Waals surface area contributed by atoms with Crippen molar-refractivity contribution in [3.05, 3.63) is 11.6 Å². The third kappa shape index (κ3) is 2.47. The molecular formula is C11H18O. The summed E-state index contributed by atoms with van der Waals surface area (Å²) in [7, 11) is 0. The first kappa shape index (κ1) is 9.50. The monoisotopic (exact) mass is 166 g/mol. The predicted molar refractivity (Wildman–Crippen MR) is 50.9 cm³/mol. The maximum absolute atomic E-state index is 10.1. The normalized spacial score (nSPS) is 26.9. The number of rotatable bonds is 4. The van der Waals surface area contributed by atoms with Gasteiger partial charge in [-0.3, -0.25) is 4.79 Å². The molecule has 1 atom stereocenters. The lowest BCUT2D eigenvalue weighted by Gasteiger charge is -2.02. The minimum atomic E-state index is 0.585. The molecule has 0 amide bonds. The van der Waals surface area contributed by atoms with Crippen molar-refractivity contribution in [2.45, 2.75) is 40.0 Å². The van der Waals surface area contributed by atoms with Crippen molar-refractivity contribution in [2.75, 3.05) is 0 Å². The van der Waals surface area contributed by atoms with E-state index in [1.165, 1.54) is 18.4 Å². The molecule has 1 fully saturated rings. The quantitative estimate of drug-likeness (QED) is 0.463. The lowest BCUT2D eigenvalue weighted by atomic mass is 10.0. The first-order valence-corrected chi connectivity index (χ1v) is 4.67. The van der Waals surface area contributed by atoms with Gasteiger partial charge in [0.15, 0.2) is 0 Å². The molecule has 1 rings (SSSR count). The fourth-order valence-electron chi connectivity index (χ4n) is 1.67. The molecule has 0 spiro atoms. The topological polar surface area (TPSA) is 17.1 Å². The van der Waals surface area contributed by atoms with Crippen LogP contribution in [0.15, 0.2) is 11.6 Å². The summed E-state index contributed by atoms with van der Waals surface area (Å²) in [5.74, 6) is 0.896. The second-order valence-electron chi connectivity index (χ2n) is 4.58. The van der Waals surface area contributed by atoms with Gasteiger partial charge in [0.1, 0.15) is 6.29 Å². The number of hydrogen-bond acceptors (Lipinski definition) is 1. The highest BCUT2D eigenvalue weighted by atomic mass is 16.1. The third-order valence-electron chi connectivity index (χ3n) is 2.96. The molecule has 0 heterocycles. The summed E-state index contributed by atoms with van der Waals surface area (Å²) in [6, 6.07) is 0. The zero-order chi connectivity index (χ0) is 9.19. The van der Waals surface area contributed by atoms with E-state index in [0.717, 1.165) is 18.6 Å². The Morgan fingerprint density at radius 2 is 2.17 bits per heavy atom. The average molecular weight is 166 g/mol. The van der Waals surface area contributed by atoms with Crippen LogP contribution in [-0.2, 0) is 4.79 Å². The van der Waals surface area contributed by atoms with Gasteiger partial charge >= 0.3 is 0 Å². The maximum atomic E-state index is 10.1. The maximum Gasteiger partial charge on any atom is 0.142 e. The van der Waals surface area contributed by atoms with E-state index in [2.05, 4.69) is 13.8 Å². The zero-order valence-corrected chi connectivity index (χ0v) is 8.26. The van der Waals surface area contributed by atoms with Crippen molar-refractivity contribution in [3.63, 3.8) is 0 Å². The number of carbonyl (C=O) groups excluding carboxylic acids is 1. The Labute approximate surface area is 74.9 Å². The molecule has 0 radical (unpaired) electrons. The van der Waals surface area contributed by atoms with Gasteiger partial charge in [-0.15, -0.1) is 0 Å². The molecule has 68 valence electrons. The predicted octanol–water partition coefficient (Wildman–Crippen LogP) is 2.96. The average Bonchev–Trinajstić information content (AvgIpc) is 2.56. The first-order chi connectivity index (χ1) is 5.56. The SMILES string of the molecule is CC(=CC=O)CCC1CC1(C)C. The molecule has 1 aliphatic carbocycles. The fraction of sp³-hybridized carbons (Fsp3) is 0.727. The van der Waals surface area contributed by atoms with Crippen LogP contribution in [0.25, 0.3) is 0 Å². The molecule has 1 aliphatic rings. The van der Waals surface area contributed by atoms with Gasteiger partial charge in [-0.2, -0.15) is 0 Å². The molecule has 0 aromatic heterocycles. The Balaban J connectivity index is 2.19. The Kier molecular flexibility index (Phi) is 2.71. The minimum Gasteiger partial charge on any atom is -0.299 e. The van der Waals surface area contributed by atoms with Crippen LogP contribution in [0.4, 0.5) is 0 Å². The van der Waals surface area contributed by atoms with Crippen molar-refractivity contribution >= 4 is 6.29 Å². The smallest absolute Gasteiger partial charge is 0.142 e. The van der Waals surface area contributed by atoms with Crippen LogP contribution in [-0.4, -0.2) is 6.29 Å². The van der Waals surface area contributed by atoms with Crippen molar-refractivity contribution in [1.29, 1.82) is 0 Å². The molecule has 1 nitrogen and oxygen atoms in total. The molecule has 0 aromatic rings. The van der Waals surface area contributed by atoms with Gasteiger partial charge in [-0.1, -0.05) is 19.4 Å². The largest absolute Gasteiger partial charge is 0.299 e. The Bertz CT molecular complexity index is 201. The Hall–Kier alpha value is -0.590. The van der Waals surface area contributed by atoms with E-state index in [1.807, 2.05) is 6.92 Å². The molecule has 0 bridgehead atoms. The highest BCUT2D eigenvalue weighted by Crippen LogP contribution is 2.54. The second kappa shape index (κ2) is 3.42. The van der Waals surface area contributed by atoms with E-state index >= 15 is 0 Å². The van der Waals surface area contributed by atoms with E-state index in [9.17, 15) is 4.79 Å². The number of hydrogen-bond donors (Lipinski definition) is 0. The lowest BCUT2D eigenvalue weighted by molar-refractivity contribution is -0.104. The number of aldehydes is 1. The van der Waals surface area contributed by atoms with Crippen LogP contribution in [0.5, 0.6) is 0 Å². The molecular weight excluding hydrogens is 148 g/mol. The summed E-state index contributed by atoms with van der Waals surface area (Å²) in [5, 5.41) is 0. The molecule has 1 saturated carbocycles. The molecule has 0 aliphatic heterocycles. The van der Waals surface area contributed by atoms with Crippen molar-refractivity contribution in [3.8, 4) is 0 Å². The second-order valence-corrected chi connectivity index (χ2v) is 4.58. The third-order valence-corrected chi connectivity index (χ3v) is 2.96. The van der Waals surface area contributed by atoms with Crippen LogP contribution < -0.4 is 0 Å². The van der Waals surface area contributed by atoms with E-state index in [4.69, 9.17) is 0 Å². The molecule has 0 N–H and O–H groups in total. The summed E-state index contributed by atoms with van der Waals surface area (Å²) in [6.45, 7) is 6.66.